The molecule has 0 aromatic heterocycles. The van der Waals surface area contributed by atoms with E-state index in [1.54, 1.807) is 0 Å². The number of rotatable bonds is 4. The molecule has 0 spiro atoms. The van der Waals surface area contributed by atoms with Crippen LogP contribution in [0.15, 0.2) is 41.5 Å². The van der Waals surface area contributed by atoms with E-state index in [9.17, 15) is 0 Å². The average Bonchev–Trinajstić information content (AvgIpc) is 2.54. The predicted octanol–water partition coefficient (Wildman–Crippen LogP) is 1.48. The topological polar surface area (TPSA) is 51.7 Å². The highest BCUT2D eigenvalue weighted by molar-refractivity contribution is 6.30. The van der Waals surface area contributed by atoms with E-state index in [4.69, 9.17) is 16.6 Å². The molecule has 2 heterocycles. The summed E-state index contributed by atoms with van der Waals surface area (Å²) >= 11 is 6.18. The molecule has 2 aliphatic heterocycles. The van der Waals surface area contributed by atoms with Crippen LogP contribution in [0, 0.1) is 0 Å². The highest BCUT2D eigenvalue weighted by atomic mass is 35.5. The summed E-state index contributed by atoms with van der Waals surface area (Å²) in [7, 11) is 0. The summed E-state index contributed by atoms with van der Waals surface area (Å²) in [6, 6.07) is 7.88. The molecule has 0 aliphatic carbocycles. The SMILES string of the molecule is CC1=NC(NCN2CCNCC2)(c2cccc(Cl)c2)C=CN1. The van der Waals surface area contributed by atoms with Gasteiger partial charge in [-0.05, 0) is 30.7 Å². The van der Waals surface area contributed by atoms with Gasteiger partial charge in [0.2, 0.25) is 0 Å². The molecule has 1 atom stereocenters. The molecule has 1 fully saturated rings. The highest BCUT2D eigenvalue weighted by Gasteiger charge is 2.31. The Morgan fingerprint density at radius 3 is 2.91 bits per heavy atom. The molecule has 0 amide bonds. The Morgan fingerprint density at radius 2 is 2.18 bits per heavy atom. The number of aliphatic imine (C=N–C) groups is 1. The summed E-state index contributed by atoms with van der Waals surface area (Å²) in [5, 5.41) is 10.8. The van der Waals surface area contributed by atoms with E-state index in [-0.39, 0.29) is 0 Å². The maximum absolute atomic E-state index is 6.18. The number of hydrogen-bond acceptors (Lipinski definition) is 5. The molecule has 5 nitrogen and oxygen atoms in total. The van der Waals surface area contributed by atoms with Gasteiger partial charge in [0.15, 0.2) is 5.66 Å². The van der Waals surface area contributed by atoms with Crippen LogP contribution < -0.4 is 16.0 Å². The second kappa shape index (κ2) is 6.79. The Bertz CT molecular complexity index is 580. The summed E-state index contributed by atoms with van der Waals surface area (Å²) in [6.45, 7) is 6.91. The summed E-state index contributed by atoms with van der Waals surface area (Å²) in [5.41, 5.74) is 0.484. The summed E-state index contributed by atoms with van der Waals surface area (Å²) in [5.74, 6) is 0.885. The van der Waals surface area contributed by atoms with Gasteiger partial charge in [0.25, 0.3) is 0 Å². The minimum atomic E-state index is -0.564. The molecular formula is C16H22ClN5. The molecule has 6 heteroatoms. The molecular weight excluding hydrogens is 298 g/mol. The summed E-state index contributed by atoms with van der Waals surface area (Å²) in [4.78, 5) is 7.21. The van der Waals surface area contributed by atoms with Crippen LogP contribution in [-0.4, -0.2) is 43.6 Å². The van der Waals surface area contributed by atoms with E-state index in [1.165, 1.54) is 0 Å². The van der Waals surface area contributed by atoms with E-state index in [1.807, 2.05) is 37.4 Å². The standard InChI is InChI=1S/C16H22ClN5/c1-13-19-6-5-16(21-13,14-3-2-4-15(17)11-14)20-12-22-9-7-18-8-10-22/h2-6,11,18,20H,7-10,12H2,1H3,(H,19,21). The molecule has 1 saturated heterocycles. The van der Waals surface area contributed by atoms with Gasteiger partial charge in [-0.15, -0.1) is 0 Å². The van der Waals surface area contributed by atoms with Crippen molar-refractivity contribution in [2.24, 2.45) is 4.99 Å². The number of piperazine rings is 1. The van der Waals surface area contributed by atoms with Crippen molar-refractivity contribution in [3.8, 4) is 0 Å². The number of nitrogens with zero attached hydrogens (tertiary/aromatic N) is 2. The van der Waals surface area contributed by atoms with E-state index >= 15 is 0 Å². The second-order valence-corrected chi connectivity index (χ2v) is 6.09. The Labute approximate surface area is 136 Å². The number of hydrogen-bond donors (Lipinski definition) is 3. The van der Waals surface area contributed by atoms with E-state index in [2.05, 4.69) is 26.9 Å². The van der Waals surface area contributed by atoms with Crippen LogP contribution in [-0.2, 0) is 5.66 Å². The van der Waals surface area contributed by atoms with Crippen molar-refractivity contribution in [1.29, 1.82) is 0 Å². The van der Waals surface area contributed by atoms with Crippen molar-refractivity contribution < 1.29 is 0 Å². The molecule has 0 bridgehead atoms. The third-order valence-corrected chi connectivity index (χ3v) is 4.24. The maximum Gasteiger partial charge on any atom is 0.160 e. The first-order valence-electron chi connectivity index (χ1n) is 7.63. The maximum atomic E-state index is 6.18. The molecule has 1 aromatic carbocycles. The fourth-order valence-corrected chi connectivity index (χ4v) is 3.00. The lowest BCUT2D eigenvalue weighted by atomic mass is 9.99. The predicted molar refractivity (Wildman–Crippen MR) is 91.0 cm³/mol. The zero-order chi connectivity index (χ0) is 15.4. The van der Waals surface area contributed by atoms with E-state index < -0.39 is 5.66 Å². The van der Waals surface area contributed by atoms with Gasteiger partial charge in [0, 0.05) is 37.4 Å². The quantitative estimate of drug-likeness (QED) is 0.787. The van der Waals surface area contributed by atoms with Crippen LogP contribution in [0.25, 0.3) is 0 Å². The highest BCUT2D eigenvalue weighted by Crippen LogP contribution is 2.28. The van der Waals surface area contributed by atoms with Crippen molar-refractivity contribution in [2.45, 2.75) is 12.6 Å². The number of amidine groups is 1. The largest absolute Gasteiger partial charge is 0.351 e. The van der Waals surface area contributed by atoms with Gasteiger partial charge in [0.05, 0.1) is 6.67 Å². The van der Waals surface area contributed by atoms with Gasteiger partial charge in [-0.25, -0.2) is 4.99 Å². The summed E-state index contributed by atoms with van der Waals surface area (Å²) < 4.78 is 0. The fourth-order valence-electron chi connectivity index (χ4n) is 2.81. The monoisotopic (exact) mass is 319 g/mol. The molecule has 22 heavy (non-hydrogen) atoms. The normalized spacial score (nSPS) is 25.6. The van der Waals surface area contributed by atoms with E-state index in [0.717, 1.165) is 49.3 Å². The minimum absolute atomic E-state index is 0.564. The van der Waals surface area contributed by atoms with Crippen LogP contribution in [0.4, 0.5) is 0 Å². The second-order valence-electron chi connectivity index (χ2n) is 5.65. The van der Waals surface area contributed by atoms with Crippen LogP contribution >= 0.6 is 11.6 Å². The van der Waals surface area contributed by atoms with Crippen LogP contribution in [0.2, 0.25) is 5.02 Å². The van der Waals surface area contributed by atoms with Gasteiger partial charge < -0.3 is 10.6 Å². The molecule has 118 valence electrons. The Hall–Kier alpha value is -1.40. The average molecular weight is 320 g/mol. The van der Waals surface area contributed by atoms with Gasteiger partial charge in [-0.1, -0.05) is 23.7 Å². The molecule has 2 aliphatic rings. The van der Waals surface area contributed by atoms with Crippen molar-refractivity contribution in [1.82, 2.24) is 20.9 Å². The zero-order valence-corrected chi connectivity index (χ0v) is 13.5. The number of halogens is 1. The molecule has 3 N–H and O–H groups in total. The zero-order valence-electron chi connectivity index (χ0n) is 12.8. The first-order valence-corrected chi connectivity index (χ1v) is 8.01. The Balaban J connectivity index is 1.83. The molecule has 1 unspecified atom stereocenters. The third kappa shape index (κ3) is 3.50. The van der Waals surface area contributed by atoms with Crippen LogP contribution in [0.5, 0.6) is 0 Å². The first-order chi connectivity index (χ1) is 10.7. The van der Waals surface area contributed by atoms with Crippen molar-refractivity contribution in [3.05, 3.63) is 47.1 Å². The number of benzene rings is 1. The third-order valence-electron chi connectivity index (χ3n) is 4.01. The van der Waals surface area contributed by atoms with Crippen molar-refractivity contribution >= 4 is 17.4 Å². The smallest absolute Gasteiger partial charge is 0.160 e. The first kappa shape index (κ1) is 15.5. The van der Waals surface area contributed by atoms with Crippen molar-refractivity contribution in [2.75, 3.05) is 32.8 Å². The van der Waals surface area contributed by atoms with Gasteiger partial charge in [-0.3, -0.25) is 10.2 Å². The Morgan fingerprint density at radius 1 is 1.36 bits per heavy atom. The minimum Gasteiger partial charge on any atom is -0.351 e. The van der Waals surface area contributed by atoms with Crippen LogP contribution in [0.1, 0.15) is 12.5 Å². The van der Waals surface area contributed by atoms with Crippen LogP contribution in [0.3, 0.4) is 0 Å². The number of nitrogens with one attached hydrogen (secondary N) is 3. The fraction of sp³-hybridized carbons (Fsp3) is 0.438. The molecule has 0 radical (unpaired) electrons. The lowest BCUT2D eigenvalue weighted by Gasteiger charge is -2.35. The molecule has 1 aromatic rings. The Kier molecular flexibility index (Phi) is 4.78. The lowest BCUT2D eigenvalue weighted by Crippen LogP contribution is -2.52. The van der Waals surface area contributed by atoms with Gasteiger partial charge >= 0.3 is 0 Å². The molecule has 0 saturated carbocycles. The lowest BCUT2D eigenvalue weighted by molar-refractivity contribution is 0.199. The van der Waals surface area contributed by atoms with Gasteiger partial charge in [0.1, 0.15) is 5.84 Å². The van der Waals surface area contributed by atoms with E-state index in [0.29, 0.717) is 0 Å². The summed E-state index contributed by atoms with van der Waals surface area (Å²) in [6.07, 6.45) is 3.99. The van der Waals surface area contributed by atoms with Gasteiger partial charge in [-0.2, -0.15) is 0 Å². The molecule has 3 rings (SSSR count). The van der Waals surface area contributed by atoms with Crippen molar-refractivity contribution in [3.63, 3.8) is 0 Å².